The van der Waals surface area contributed by atoms with E-state index in [0.717, 1.165) is 69.6 Å². The van der Waals surface area contributed by atoms with Crippen LogP contribution in [0.1, 0.15) is 298 Å². The number of esters is 3. The predicted octanol–water partition coefficient (Wildman–Crippen LogP) is 17.3. The Morgan fingerprint density at radius 2 is 0.633 bits per heavy atom. The van der Waals surface area contributed by atoms with Crippen LogP contribution in [0.2, 0.25) is 0 Å². The first-order valence-corrected chi connectivity index (χ1v) is 26.8. The molecule has 6 nitrogen and oxygen atoms in total. The zero-order valence-electron chi connectivity index (χ0n) is 41.1. The first kappa shape index (κ1) is 58.4. The second kappa shape index (κ2) is 46.9. The monoisotopic (exact) mass is 849 g/mol. The topological polar surface area (TPSA) is 78.9 Å². The van der Waals surface area contributed by atoms with Crippen LogP contribution >= 0.6 is 0 Å². The molecule has 0 aromatic rings. The third-order valence-corrected chi connectivity index (χ3v) is 12.6. The van der Waals surface area contributed by atoms with Crippen LogP contribution in [0.3, 0.4) is 0 Å². The molecule has 0 saturated heterocycles. The van der Waals surface area contributed by atoms with Crippen LogP contribution in [-0.4, -0.2) is 37.2 Å². The van der Waals surface area contributed by atoms with E-state index in [2.05, 4.69) is 34.6 Å². The van der Waals surface area contributed by atoms with E-state index in [1.165, 1.54) is 186 Å². The molecular formula is C54H104O6. The van der Waals surface area contributed by atoms with Gasteiger partial charge in [0.2, 0.25) is 0 Å². The Bertz CT molecular complexity index is 918. The number of ether oxygens (including phenoxy) is 3. The molecule has 60 heavy (non-hydrogen) atoms. The fraction of sp³-hybridized carbons (Fsp3) is 0.944. The number of hydrogen-bond acceptors (Lipinski definition) is 6. The highest BCUT2D eigenvalue weighted by molar-refractivity contribution is 5.71. The van der Waals surface area contributed by atoms with Crippen LogP contribution in [0.25, 0.3) is 0 Å². The van der Waals surface area contributed by atoms with Crippen molar-refractivity contribution < 1.29 is 28.6 Å². The van der Waals surface area contributed by atoms with Crippen LogP contribution in [0.4, 0.5) is 0 Å². The summed E-state index contributed by atoms with van der Waals surface area (Å²) in [5, 5.41) is 0. The van der Waals surface area contributed by atoms with Crippen molar-refractivity contribution >= 4 is 17.9 Å². The Kier molecular flexibility index (Phi) is 45.7. The van der Waals surface area contributed by atoms with Crippen molar-refractivity contribution in [3.05, 3.63) is 0 Å². The first-order valence-electron chi connectivity index (χ1n) is 26.8. The molecule has 0 saturated carbocycles. The smallest absolute Gasteiger partial charge is 0.306 e. The van der Waals surface area contributed by atoms with Gasteiger partial charge in [0.1, 0.15) is 13.2 Å². The maximum absolute atomic E-state index is 12.7. The number of carbonyl (C=O) groups excluding carboxylic acids is 3. The van der Waals surface area contributed by atoms with Gasteiger partial charge in [-0.25, -0.2) is 0 Å². The summed E-state index contributed by atoms with van der Waals surface area (Å²) in [4.78, 5) is 37.8. The van der Waals surface area contributed by atoms with Gasteiger partial charge in [0.05, 0.1) is 0 Å². The minimum Gasteiger partial charge on any atom is -0.462 e. The minimum absolute atomic E-state index is 0.0641. The highest BCUT2D eigenvalue weighted by Gasteiger charge is 2.19. The summed E-state index contributed by atoms with van der Waals surface area (Å²) in [6.07, 6.45) is 48.2. The molecule has 0 amide bonds. The van der Waals surface area contributed by atoms with Crippen molar-refractivity contribution in [3.8, 4) is 0 Å². The zero-order valence-corrected chi connectivity index (χ0v) is 41.1. The quantitative estimate of drug-likeness (QED) is 0.0345. The van der Waals surface area contributed by atoms with Crippen LogP contribution in [0.15, 0.2) is 0 Å². The average Bonchev–Trinajstić information content (AvgIpc) is 3.23. The van der Waals surface area contributed by atoms with Gasteiger partial charge in [-0.15, -0.1) is 0 Å². The average molecular weight is 849 g/mol. The van der Waals surface area contributed by atoms with Crippen LogP contribution in [0.5, 0.6) is 0 Å². The van der Waals surface area contributed by atoms with Gasteiger partial charge in [-0.2, -0.15) is 0 Å². The van der Waals surface area contributed by atoms with Crippen molar-refractivity contribution in [2.24, 2.45) is 11.8 Å². The number of hydrogen-bond donors (Lipinski definition) is 0. The lowest BCUT2D eigenvalue weighted by Gasteiger charge is -2.18. The number of rotatable bonds is 48. The first-order chi connectivity index (χ1) is 29.3. The predicted molar refractivity (Wildman–Crippen MR) is 256 cm³/mol. The molecule has 0 spiro atoms. The Labute approximate surface area is 374 Å². The highest BCUT2D eigenvalue weighted by Crippen LogP contribution is 2.18. The van der Waals surface area contributed by atoms with E-state index >= 15 is 0 Å². The molecule has 0 aliphatic rings. The molecule has 0 N–H and O–H groups in total. The zero-order chi connectivity index (χ0) is 44.0. The van der Waals surface area contributed by atoms with E-state index < -0.39 is 6.10 Å². The van der Waals surface area contributed by atoms with Crippen molar-refractivity contribution in [1.29, 1.82) is 0 Å². The number of unbranched alkanes of at least 4 members (excludes halogenated alkanes) is 32. The van der Waals surface area contributed by atoms with Crippen molar-refractivity contribution in [2.75, 3.05) is 13.2 Å². The molecule has 0 heterocycles. The SMILES string of the molecule is CCCCCCCCCC(=O)O[C@H](COC(=O)CCCCCCCCCCCCCCCCCCCCC(C)CC)COC(=O)CCCCCCCCCCCCC(C)C. The van der Waals surface area contributed by atoms with Crippen LogP contribution in [-0.2, 0) is 28.6 Å². The summed E-state index contributed by atoms with van der Waals surface area (Å²) in [7, 11) is 0. The minimum atomic E-state index is -0.760. The highest BCUT2D eigenvalue weighted by atomic mass is 16.6. The van der Waals surface area contributed by atoms with Crippen molar-refractivity contribution in [3.63, 3.8) is 0 Å². The summed E-state index contributed by atoms with van der Waals surface area (Å²) < 4.78 is 16.7. The lowest BCUT2D eigenvalue weighted by atomic mass is 9.99. The van der Waals surface area contributed by atoms with Gasteiger partial charge in [-0.05, 0) is 31.1 Å². The van der Waals surface area contributed by atoms with Gasteiger partial charge in [0.15, 0.2) is 6.10 Å². The van der Waals surface area contributed by atoms with Gasteiger partial charge in [-0.1, -0.05) is 259 Å². The Hall–Kier alpha value is -1.59. The van der Waals surface area contributed by atoms with Crippen molar-refractivity contribution in [2.45, 2.75) is 304 Å². The maximum atomic E-state index is 12.7. The molecule has 0 aromatic carbocycles. The fourth-order valence-corrected chi connectivity index (χ4v) is 8.13. The summed E-state index contributed by atoms with van der Waals surface area (Å²) in [5.41, 5.74) is 0. The molecule has 0 aliphatic heterocycles. The van der Waals surface area contributed by atoms with E-state index in [4.69, 9.17) is 14.2 Å². The van der Waals surface area contributed by atoms with Gasteiger partial charge in [0, 0.05) is 19.3 Å². The van der Waals surface area contributed by atoms with Gasteiger partial charge in [0.25, 0.3) is 0 Å². The Morgan fingerprint density at radius 1 is 0.350 bits per heavy atom. The Morgan fingerprint density at radius 3 is 0.950 bits per heavy atom. The van der Waals surface area contributed by atoms with Crippen LogP contribution in [0, 0.1) is 11.8 Å². The third kappa shape index (κ3) is 45.9. The molecule has 1 unspecified atom stereocenters. The second-order valence-corrected chi connectivity index (χ2v) is 19.2. The molecule has 0 aliphatic carbocycles. The standard InChI is InChI=1S/C54H104O6/c1-6-8-9-10-27-36-41-46-54(57)60-51(48-59-53(56)45-40-35-31-26-22-21-23-28-32-37-42-49(3)4)47-58-52(55)44-39-34-30-25-20-18-16-14-12-11-13-15-17-19-24-29-33-38-43-50(5)7-2/h49-51H,6-48H2,1-5H3/t50?,51-/m1/s1. The third-order valence-electron chi connectivity index (χ3n) is 12.6. The maximum Gasteiger partial charge on any atom is 0.306 e. The largest absolute Gasteiger partial charge is 0.462 e. The lowest BCUT2D eigenvalue weighted by Crippen LogP contribution is -2.30. The summed E-state index contributed by atoms with van der Waals surface area (Å²) in [6.45, 7) is 11.4. The fourth-order valence-electron chi connectivity index (χ4n) is 8.13. The molecule has 0 bridgehead atoms. The molecular weight excluding hydrogens is 745 g/mol. The molecule has 0 rings (SSSR count). The van der Waals surface area contributed by atoms with Gasteiger partial charge in [-0.3, -0.25) is 14.4 Å². The van der Waals surface area contributed by atoms with E-state index in [-0.39, 0.29) is 31.1 Å². The molecule has 0 aromatic heterocycles. The van der Waals surface area contributed by atoms with Gasteiger partial charge >= 0.3 is 17.9 Å². The molecule has 0 radical (unpaired) electrons. The van der Waals surface area contributed by atoms with Gasteiger partial charge < -0.3 is 14.2 Å². The summed E-state index contributed by atoms with van der Waals surface area (Å²) in [6, 6.07) is 0. The van der Waals surface area contributed by atoms with E-state index in [0.29, 0.717) is 19.3 Å². The summed E-state index contributed by atoms with van der Waals surface area (Å²) >= 11 is 0. The van der Waals surface area contributed by atoms with E-state index in [1.807, 2.05) is 0 Å². The van der Waals surface area contributed by atoms with Crippen LogP contribution < -0.4 is 0 Å². The molecule has 2 atom stereocenters. The van der Waals surface area contributed by atoms with E-state index in [9.17, 15) is 14.4 Å². The second-order valence-electron chi connectivity index (χ2n) is 19.2. The lowest BCUT2D eigenvalue weighted by molar-refractivity contribution is -0.167. The number of carbonyl (C=O) groups is 3. The Balaban J connectivity index is 4.09. The van der Waals surface area contributed by atoms with E-state index in [1.54, 1.807) is 0 Å². The normalized spacial score (nSPS) is 12.5. The summed E-state index contributed by atoms with van der Waals surface area (Å²) in [5.74, 6) is 0.874. The van der Waals surface area contributed by atoms with Crippen molar-refractivity contribution in [1.82, 2.24) is 0 Å². The molecule has 356 valence electrons. The molecule has 6 heteroatoms. The molecule has 0 fully saturated rings.